The fourth-order valence-electron chi connectivity index (χ4n) is 2.53. The molecule has 3 nitrogen and oxygen atoms in total. The molecule has 2 aromatic carbocycles. The average molecular weight is 283 g/mol. The molecule has 0 saturated heterocycles. The van der Waals surface area contributed by atoms with Crippen LogP contribution in [0.25, 0.3) is 0 Å². The molecule has 3 heteroatoms. The number of ether oxygens (including phenoxy) is 2. The summed E-state index contributed by atoms with van der Waals surface area (Å²) in [4.78, 5) is 0. The lowest BCUT2D eigenvalue weighted by Crippen LogP contribution is -2.18. The Kier molecular flexibility index (Phi) is 4.41. The molecule has 0 bridgehead atoms. The minimum Gasteiger partial charge on any atom is -0.486 e. The summed E-state index contributed by atoms with van der Waals surface area (Å²) in [5.74, 6) is 1.71. The van der Waals surface area contributed by atoms with Gasteiger partial charge in [0.15, 0.2) is 11.5 Å². The highest BCUT2D eigenvalue weighted by Crippen LogP contribution is 2.30. The number of hydrogen-bond acceptors (Lipinski definition) is 3. The van der Waals surface area contributed by atoms with Gasteiger partial charge in [0.05, 0.1) is 0 Å². The van der Waals surface area contributed by atoms with E-state index in [4.69, 9.17) is 9.47 Å². The summed E-state index contributed by atoms with van der Waals surface area (Å²) in [6, 6.07) is 14.8. The average Bonchev–Trinajstić information content (AvgIpc) is 2.51. The van der Waals surface area contributed by atoms with Crippen LogP contribution in [0.2, 0.25) is 0 Å². The third-order valence-electron chi connectivity index (χ3n) is 3.61. The Morgan fingerprint density at radius 1 is 0.952 bits per heavy atom. The molecule has 3 rings (SSSR count). The van der Waals surface area contributed by atoms with Crippen molar-refractivity contribution in [1.82, 2.24) is 5.32 Å². The number of benzene rings is 2. The first-order valence-electron chi connectivity index (χ1n) is 7.46. The first-order valence-corrected chi connectivity index (χ1v) is 7.46. The maximum atomic E-state index is 5.60. The van der Waals surface area contributed by atoms with Crippen molar-refractivity contribution in [3.05, 3.63) is 59.2 Å². The van der Waals surface area contributed by atoms with E-state index in [0.29, 0.717) is 13.2 Å². The number of aryl methyl sites for hydroxylation is 1. The van der Waals surface area contributed by atoms with Gasteiger partial charge in [-0.2, -0.15) is 0 Å². The highest BCUT2D eigenvalue weighted by Gasteiger charge is 2.11. The molecule has 0 fully saturated rings. The van der Waals surface area contributed by atoms with Crippen molar-refractivity contribution in [3.8, 4) is 11.5 Å². The normalized spacial score (nSPS) is 13.2. The Morgan fingerprint density at radius 3 is 2.67 bits per heavy atom. The Bertz CT molecular complexity index is 610. The summed E-state index contributed by atoms with van der Waals surface area (Å²) in [6.07, 6.45) is 1.05. The van der Waals surface area contributed by atoms with Crippen LogP contribution in [0.5, 0.6) is 11.5 Å². The minimum absolute atomic E-state index is 0.636. The van der Waals surface area contributed by atoms with E-state index < -0.39 is 0 Å². The van der Waals surface area contributed by atoms with Gasteiger partial charge in [-0.05, 0) is 43.1 Å². The van der Waals surface area contributed by atoms with E-state index in [1.807, 2.05) is 6.07 Å². The van der Waals surface area contributed by atoms with E-state index in [1.54, 1.807) is 0 Å². The third-order valence-corrected chi connectivity index (χ3v) is 3.61. The molecule has 0 atom stereocenters. The molecule has 1 N–H and O–H groups in total. The van der Waals surface area contributed by atoms with E-state index in [9.17, 15) is 0 Å². The Balaban J connectivity index is 1.49. The van der Waals surface area contributed by atoms with Crippen molar-refractivity contribution < 1.29 is 9.47 Å². The van der Waals surface area contributed by atoms with Crippen molar-refractivity contribution >= 4 is 0 Å². The Labute approximate surface area is 125 Å². The van der Waals surface area contributed by atoms with Gasteiger partial charge in [-0.3, -0.25) is 0 Å². The number of nitrogens with one attached hydrogen (secondary N) is 1. The molecule has 2 aromatic rings. The highest BCUT2D eigenvalue weighted by molar-refractivity contribution is 5.43. The zero-order chi connectivity index (χ0) is 14.5. The van der Waals surface area contributed by atoms with Crippen molar-refractivity contribution in [1.29, 1.82) is 0 Å². The smallest absolute Gasteiger partial charge is 0.161 e. The number of hydrogen-bond donors (Lipinski definition) is 1. The molecule has 0 unspecified atom stereocenters. The van der Waals surface area contributed by atoms with E-state index in [-0.39, 0.29) is 0 Å². The third kappa shape index (κ3) is 3.76. The van der Waals surface area contributed by atoms with Crippen LogP contribution in [0.15, 0.2) is 42.5 Å². The molecular weight excluding hydrogens is 262 g/mol. The largest absolute Gasteiger partial charge is 0.486 e. The van der Waals surface area contributed by atoms with Crippen molar-refractivity contribution in [3.63, 3.8) is 0 Å². The van der Waals surface area contributed by atoms with E-state index in [2.05, 4.69) is 48.6 Å². The lowest BCUT2D eigenvalue weighted by molar-refractivity contribution is 0.171. The van der Waals surface area contributed by atoms with Crippen LogP contribution in [-0.4, -0.2) is 19.8 Å². The standard InChI is InChI=1S/C18H21NO2/c1-14-3-2-4-15(11-14)7-8-19-13-16-5-6-17-18(12-16)21-10-9-20-17/h2-6,11-12,19H,7-10,13H2,1H3. The maximum Gasteiger partial charge on any atom is 0.161 e. The van der Waals surface area contributed by atoms with Gasteiger partial charge in [-0.1, -0.05) is 35.9 Å². The van der Waals surface area contributed by atoms with Crippen LogP contribution in [0.1, 0.15) is 16.7 Å². The number of rotatable bonds is 5. The van der Waals surface area contributed by atoms with Gasteiger partial charge in [0.1, 0.15) is 13.2 Å². The summed E-state index contributed by atoms with van der Waals surface area (Å²) in [5, 5.41) is 3.48. The lowest BCUT2D eigenvalue weighted by Gasteiger charge is -2.19. The van der Waals surface area contributed by atoms with Gasteiger partial charge in [0.25, 0.3) is 0 Å². The second kappa shape index (κ2) is 6.64. The first-order chi connectivity index (χ1) is 10.3. The van der Waals surface area contributed by atoms with Crippen molar-refractivity contribution in [2.45, 2.75) is 19.9 Å². The minimum atomic E-state index is 0.636. The Hall–Kier alpha value is -2.00. The summed E-state index contributed by atoms with van der Waals surface area (Å²) in [7, 11) is 0. The zero-order valence-corrected chi connectivity index (χ0v) is 12.4. The van der Waals surface area contributed by atoms with Crippen LogP contribution in [0.3, 0.4) is 0 Å². The van der Waals surface area contributed by atoms with Crippen LogP contribution in [0.4, 0.5) is 0 Å². The predicted octanol–water partition coefficient (Wildman–Crippen LogP) is 3.10. The lowest BCUT2D eigenvalue weighted by atomic mass is 10.1. The fourth-order valence-corrected chi connectivity index (χ4v) is 2.53. The van der Waals surface area contributed by atoms with Gasteiger partial charge in [0.2, 0.25) is 0 Å². The maximum absolute atomic E-state index is 5.60. The first kappa shape index (κ1) is 14.0. The van der Waals surface area contributed by atoms with Gasteiger partial charge in [0, 0.05) is 6.54 Å². The summed E-state index contributed by atoms with van der Waals surface area (Å²) in [6.45, 7) is 5.23. The molecule has 0 radical (unpaired) electrons. The van der Waals surface area contributed by atoms with E-state index in [0.717, 1.165) is 31.0 Å². The topological polar surface area (TPSA) is 30.5 Å². The second-order valence-corrected chi connectivity index (χ2v) is 5.39. The summed E-state index contributed by atoms with van der Waals surface area (Å²) >= 11 is 0. The molecule has 110 valence electrons. The molecular formula is C18H21NO2. The zero-order valence-electron chi connectivity index (χ0n) is 12.4. The molecule has 1 heterocycles. The van der Waals surface area contributed by atoms with Crippen LogP contribution >= 0.6 is 0 Å². The molecule has 0 aliphatic carbocycles. The molecule has 1 aliphatic rings. The molecule has 0 amide bonds. The number of fused-ring (bicyclic) bond motifs is 1. The van der Waals surface area contributed by atoms with E-state index >= 15 is 0 Å². The van der Waals surface area contributed by atoms with Crippen molar-refractivity contribution in [2.75, 3.05) is 19.8 Å². The molecule has 0 saturated carbocycles. The van der Waals surface area contributed by atoms with Gasteiger partial charge in [-0.25, -0.2) is 0 Å². The van der Waals surface area contributed by atoms with Gasteiger partial charge < -0.3 is 14.8 Å². The molecule has 0 aromatic heterocycles. The molecule has 0 spiro atoms. The summed E-state index contributed by atoms with van der Waals surface area (Å²) in [5.41, 5.74) is 3.92. The molecule has 21 heavy (non-hydrogen) atoms. The van der Waals surface area contributed by atoms with Crippen LogP contribution in [0, 0.1) is 6.92 Å². The van der Waals surface area contributed by atoms with Crippen LogP contribution in [-0.2, 0) is 13.0 Å². The highest BCUT2D eigenvalue weighted by atomic mass is 16.6. The Morgan fingerprint density at radius 2 is 1.81 bits per heavy atom. The van der Waals surface area contributed by atoms with E-state index in [1.165, 1.54) is 16.7 Å². The predicted molar refractivity (Wildman–Crippen MR) is 84.0 cm³/mol. The molecule has 1 aliphatic heterocycles. The quantitative estimate of drug-likeness (QED) is 0.855. The van der Waals surface area contributed by atoms with Crippen molar-refractivity contribution in [2.24, 2.45) is 0 Å². The van der Waals surface area contributed by atoms with Gasteiger partial charge in [-0.15, -0.1) is 0 Å². The SMILES string of the molecule is Cc1cccc(CCNCc2ccc3c(c2)OCCO3)c1. The van der Waals surface area contributed by atoms with Gasteiger partial charge >= 0.3 is 0 Å². The fraction of sp³-hybridized carbons (Fsp3) is 0.333. The van der Waals surface area contributed by atoms with Crippen LogP contribution < -0.4 is 14.8 Å². The second-order valence-electron chi connectivity index (χ2n) is 5.39. The monoisotopic (exact) mass is 283 g/mol. The summed E-state index contributed by atoms with van der Waals surface area (Å²) < 4.78 is 11.1.